The van der Waals surface area contributed by atoms with Crippen molar-refractivity contribution >= 4 is 0 Å². The summed E-state index contributed by atoms with van der Waals surface area (Å²) < 4.78 is 9.79. The molecule has 0 aromatic carbocycles. The highest BCUT2D eigenvalue weighted by Gasteiger charge is 2.25. The van der Waals surface area contributed by atoms with Gasteiger partial charge < -0.3 is 29.9 Å². The summed E-state index contributed by atoms with van der Waals surface area (Å²) in [7, 11) is 1.33. The van der Waals surface area contributed by atoms with E-state index in [1.807, 2.05) is 0 Å². The van der Waals surface area contributed by atoms with Gasteiger partial charge in [-0.15, -0.1) is 0 Å². The first-order valence-corrected chi connectivity index (χ1v) is 4.32. The molecule has 4 N–H and O–H groups in total. The van der Waals surface area contributed by atoms with E-state index in [0.29, 0.717) is 0 Å². The molecule has 0 saturated carbocycles. The van der Waals surface area contributed by atoms with Gasteiger partial charge in [0.2, 0.25) is 0 Å². The van der Waals surface area contributed by atoms with Gasteiger partial charge in [0, 0.05) is 7.11 Å². The summed E-state index contributed by atoms with van der Waals surface area (Å²) in [5.41, 5.74) is 0. The molecule has 6 nitrogen and oxygen atoms in total. The summed E-state index contributed by atoms with van der Waals surface area (Å²) in [6.07, 6.45) is -4.00. The second kappa shape index (κ2) is 7.10. The van der Waals surface area contributed by atoms with Crippen LogP contribution in [0.25, 0.3) is 0 Å². The lowest BCUT2D eigenvalue weighted by atomic mass is 10.2. The summed E-state index contributed by atoms with van der Waals surface area (Å²) in [6.45, 7) is 0.462. The fourth-order valence-electron chi connectivity index (χ4n) is 0.911. The lowest BCUT2D eigenvalue weighted by molar-refractivity contribution is -0.225. The van der Waals surface area contributed by atoms with Crippen LogP contribution in [0.5, 0.6) is 0 Å². The molecule has 6 heteroatoms. The molecule has 0 spiro atoms. The molecule has 0 aromatic heterocycles. The van der Waals surface area contributed by atoms with Crippen molar-refractivity contribution in [2.45, 2.75) is 31.5 Å². The first-order chi connectivity index (χ1) is 6.56. The number of aliphatic hydroxyl groups excluding tert-OH is 4. The van der Waals surface area contributed by atoms with E-state index >= 15 is 0 Å². The van der Waals surface area contributed by atoms with Crippen LogP contribution >= 0.6 is 0 Å². The molecule has 0 aliphatic heterocycles. The molecule has 0 saturated heterocycles. The van der Waals surface area contributed by atoms with E-state index < -0.39 is 37.8 Å². The van der Waals surface area contributed by atoms with E-state index in [1.165, 1.54) is 14.0 Å². The van der Waals surface area contributed by atoms with Gasteiger partial charge in [0.15, 0.2) is 6.29 Å². The molecule has 4 atom stereocenters. The third kappa shape index (κ3) is 4.32. The SMILES string of the molecule is CO[C@H](OC(CO)[C@@H](O)CO)C(C)O. The van der Waals surface area contributed by atoms with Crippen LogP contribution in [0, 0.1) is 0 Å². The van der Waals surface area contributed by atoms with E-state index in [0.717, 1.165) is 0 Å². The molecule has 86 valence electrons. The summed E-state index contributed by atoms with van der Waals surface area (Å²) in [4.78, 5) is 0. The molecule has 0 bridgehead atoms. The van der Waals surface area contributed by atoms with Crippen LogP contribution in [-0.2, 0) is 9.47 Å². The second-order valence-corrected chi connectivity index (χ2v) is 2.95. The van der Waals surface area contributed by atoms with Crippen molar-refractivity contribution in [2.24, 2.45) is 0 Å². The van der Waals surface area contributed by atoms with Crippen molar-refractivity contribution in [3.8, 4) is 0 Å². The zero-order valence-corrected chi connectivity index (χ0v) is 8.33. The maximum atomic E-state index is 9.17. The normalized spacial score (nSPS) is 20.1. The van der Waals surface area contributed by atoms with Gasteiger partial charge in [-0.25, -0.2) is 0 Å². The predicted molar refractivity (Wildman–Crippen MR) is 47.5 cm³/mol. The van der Waals surface area contributed by atoms with Gasteiger partial charge in [0.25, 0.3) is 0 Å². The molecule has 0 heterocycles. The van der Waals surface area contributed by atoms with Gasteiger partial charge in [-0.05, 0) is 6.92 Å². The number of hydrogen-bond donors (Lipinski definition) is 4. The highest BCUT2D eigenvalue weighted by atomic mass is 16.7. The van der Waals surface area contributed by atoms with E-state index in [-0.39, 0.29) is 0 Å². The molecule has 0 fully saturated rings. The van der Waals surface area contributed by atoms with Crippen LogP contribution in [0.2, 0.25) is 0 Å². The Morgan fingerprint density at radius 2 is 1.71 bits per heavy atom. The maximum Gasteiger partial charge on any atom is 0.183 e. The van der Waals surface area contributed by atoms with E-state index in [4.69, 9.17) is 24.8 Å². The van der Waals surface area contributed by atoms with Crippen molar-refractivity contribution in [1.29, 1.82) is 0 Å². The summed E-state index contributed by atoms with van der Waals surface area (Å²) in [6, 6.07) is 0. The van der Waals surface area contributed by atoms with Crippen LogP contribution in [-0.4, -0.2) is 65.4 Å². The largest absolute Gasteiger partial charge is 0.394 e. The molecular formula is C8H18O6. The lowest BCUT2D eigenvalue weighted by Gasteiger charge is -2.26. The van der Waals surface area contributed by atoms with Crippen LogP contribution in [0.3, 0.4) is 0 Å². The Morgan fingerprint density at radius 1 is 1.14 bits per heavy atom. The second-order valence-electron chi connectivity index (χ2n) is 2.95. The zero-order valence-electron chi connectivity index (χ0n) is 8.33. The minimum atomic E-state index is -1.20. The Morgan fingerprint density at radius 3 is 2.00 bits per heavy atom. The molecule has 0 aromatic rings. The van der Waals surface area contributed by atoms with Crippen molar-refractivity contribution in [1.82, 2.24) is 0 Å². The Labute approximate surface area is 82.7 Å². The fourth-order valence-corrected chi connectivity index (χ4v) is 0.911. The third-order valence-electron chi connectivity index (χ3n) is 1.73. The molecule has 14 heavy (non-hydrogen) atoms. The van der Waals surface area contributed by atoms with Crippen molar-refractivity contribution < 1.29 is 29.9 Å². The standard InChI is InChI=1S/C8H18O6/c1-5(11)8(13-2)14-7(4-10)6(12)3-9/h5-12H,3-4H2,1-2H3/t5?,6-,7?,8+/m0/s1. The van der Waals surface area contributed by atoms with Gasteiger partial charge in [-0.3, -0.25) is 0 Å². The molecule has 0 aliphatic carbocycles. The lowest BCUT2D eigenvalue weighted by Crippen LogP contribution is -2.41. The summed E-state index contributed by atoms with van der Waals surface area (Å²) in [5.74, 6) is 0. The minimum absolute atomic E-state index is 0.464. The van der Waals surface area contributed by atoms with Gasteiger partial charge in [-0.1, -0.05) is 0 Å². The van der Waals surface area contributed by atoms with E-state index in [2.05, 4.69) is 0 Å². The topological polar surface area (TPSA) is 99.4 Å². The smallest absolute Gasteiger partial charge is 0.183 e. The highest BCUT2D eigenvalue weighted by Crippen LogP contribution is 2.07. The maximum absolute atomic E-state index is 9.17. The van der Waals surface area contributed by atoms with Crippen LogP contribution in [0.4, 0.5) is 0 Å². The number of aliphatic hydroxyl groups is 4. The van der Waals surface area contributed by atoms with Crippen LogP contribution < -0.4 is 0 Å². The van der Waals surface area contributed by atoms with Gasteiger partial charge >= 0.3 is 0 Å². The zero-order chi connectivity index (χ0) is 11.1. The average Bonchev–Trinajstić information content (AvgIpc) is 2.18. The van der Waals surface area contributed by atoms with Crippen LogP contribution in [0.15, 0.2) is 0 Å². The molecule has 0 amide bonds. The van der Waals surface area contributed by atoms with Gasteiger partial charge in [0.1, 0.15) is 18.3 Å². The summed E-state index contributed by atoms with van der Waals surface area (Å²) in [5, 5.41) is 35.7. The average molecular weight is 210 g/mol. The first-order valence-electron chi connectivity index (χ1n) is 4.32. The summed E-state index contributed by atoms with van der Waals surface area (Å²) >= 11 is 0. The van der Waals surface area contributed by atoms with Crippen molar-refractivity contribution in [3.05, 3.63) is 0 Å². The predicted octanol–water partition coefficient (Wildman–Crippen LogP) is -1.93. The first kappa shape index (κ1) is 13.8. The Kier molecular flexibility index (Phi) is 6.98. The Bertz CT molecular complexity index is 140. The quantitative estimate of drug-likeness (QED) is 0.365. The molecular weight excluding hydrogens is 192 g/mol. The molecule has 0 radical (unpaired) electrons. The van der Waals surface area contributed by atoms with Gasteiger partial charge in [0.05, 0.1) is 13.2 Å². The highest BCUT2D eigenvalue weighted by molar-refractivity contribution is 4.68. The van der Waals surface area contributed by atoms with E-state index in [9.17, 15) is 5.11 Å². The van der Waals surface area contributed by atoms with Gasteiger partial charge in [-0.2, -0.15) is 0 Å². The third-order valence-corrected chi connectivity index (χ3v) is 1.73. The van der Waals surface area contributed by atoms with Crippen LogP contribution in [0.1, 0.15) is 6.92 Å². The molecule has 2 unspecified atom stereocenters. The molecule has 0 rings (SSSR count). The number of ether oxygens (including phenoxy) is 2. The Balaban J connectivity index is 4.13. The van der Waals surface area contributed by atoms with E-state index in [1.54, 1.807) is 0 Å². The number of rotatable bonds is 7. The fraction of sp³-hybridized carbons (Fsp3) is 1.00. The molecule has 0 aliphatic rings. The Hall–Kier alpha value is -0.240. The van der Waals surface area contributed by atoms with Crippen molar-refractivity contribution in [3.63, 3.8) is 0 Å². The number of hydrogen-bond acceptors (Lipinski definition) is 6. The number of methoxy groups -OCH3 is 1. The minimum Gasteiger partial charge on any atom is -0.394 e. The van der Waals surface area contributed by atoms with Crippen molar-refractivity contribution in [2.75, 3.05) is 20.3 Å². The monoisotopic (exact) mass is 210 g/mol.